The third-order valence-corrected chi connectivity index (χ3v) is 6.74. The van der Waals surface area contributed by atoms with Crippen molar-refractivity contribution in [2.75, 3.05) is 5.32 Å². The van der Waals surface area contributed by atoms with Gasteiger partial charge < -0.3 is 25.4 Å². The fourth-order valence-corrected chi connectivity index (χ4v) is 4.43. The van der Waals surface area contributed by atoms with Gasteiger partial charge in [-0.2, -0.15) is 0 Å². The Morgan fingerprint density at radius 2 is 1.49 bits per heavy atom. The van der Waals surface area contributed by atoms with E-state index in [1.54, 1.807) is 45.9 Å². The van der Waals surface area contributed by atoms with Crippen LogP contribution in [0.2, 0.25) is 0 Å². The number of carbonyl (C=O) groups excluding carboxylic acids is 3. The number of rotatable bonds is 9. The number of nitrogens with zero attached hydrogens (tertiary/aromatic N) is 1. The average molecular weight is 540 g/mol. The second-order valence-electron chi connectivity index (χ2n) is 11.5. The molecule has 0 fully saturated rings. The lowest BCUT2D eigenvalue weighted by atomic mass is 9.95. The van der Waals surface area contributed by atoms with Crippen LogP contribution in [0.3, 0.4) is 0 Å². The van der Waals surface area contributed by atoms with E-state index in [1.807, 2.05) is 59.7 Å². The number of benzene rings is 2. The largest absolute Gasteiger partial charge is 0.507 e. The average Bonchev–Trinajstić information content (AvgIpc) is 2.83. The summed E-state index contributed by atoms with van der Waals surface area (Å²) in [5, 5.41) is 16.8. The molecule has 2 aromatic carbocycles. The van der Waals surface area contributed by atoms with Crippen LogP contribution in [0, 0.1) is 26.7 Å². The van der Waals surface area contributed by atoms with Gasteiger partial charge in [0.05, 0.1) is 0 Å². The van der Waals surface area contributed by atoms with Crippen LogP contribution < -0.4 is 10.6 Å². The van der Waals surface area contributed by atoms with Crippen molar-refractivity contribution in [2.45, 2.75) is 99.4 Å². The maximum atomic E-state index is 14.3. The molecule has 3 unspecified atom stereocenters. The van der Waals surface area contributed by atoms with Gasteiger partial charge >= 0.3 is 6.09 Å². The van der Waals surface area contributed by atoms with E-state index in [9.17, 15) is 19.5 Å². The Hall–Kier alpha value is -3.55. The van der Waals surface area contributed by atoms with Crippen molar-refractivity contribution in [3.05, 3.63) is 58.7 Å². The lowest BCUT2D eigenvalue weighted by molar-refractivity contribution is -0.144. The molecule has 3 atom stereocenters. The molecule has 8 nitrogen and oxygen atoms in total. The van der Waals surface area contributed by atoms with Gasteiger partial charge in [0, 0.05) is 17.3 Å². The van der Waals surface area contributed by atoms with Gasteiger partial charge in [-0.15, -0.1) is 0 Å². The molecule has 0 saturated carbocycles. The number of amides is 3. The molecule has 0 spiro atoms. The van der Waals surface area contributed by atoms with Crippen molar-refractivity contribution < 1.29 is 24.2 Å². The van der Waals surface area contributed by atoms with Gasteiger partial charge in [0.1, 0.15) is 23.4 Å². The highest BCUT2D eigenvalue weighted by Gasteiger charge is 2.40. The summed E-state index contributed by atoms with van der Waals surface area (Å²) in [6, 6.07) is 8.35. The molecule has 2 aromatic rings. The van der Waals surface area contributed by atoms with E-state index in [1.165, 1.54) is 4.90 Å². The first-order chi connectivity index (χ1) is 18.1. The second kappa shape index (κ2) is 13.0. The van der Waals surface area contributed by atoms with Crippen LogP contribution in [0.5, 0.6) is 5.75 Å². The summed E-state index contributed by atoms with van der Waals surface area (Å²) < 4.78 is 5.43. The molecule has 8 heteroatoms. The summed E-state index contributed by atoms with van der Waals surface area (Å²) in [6.45, 7) is 18.2. The maximum absolute atomic E-state index is 14.3. The van der Waals surface area contributed by atoms with Crippen molar-refractivity contribution in [3.63, 3.8) is 0 Å². The highest BCUT2D eigenvalue weighted by Crippen LogP contribution is 2.35. The van der Waals surface area contributed by atoms with E-state index < -0.39 is 41.6 Å². The van der Waals surface area contributed by atoms with E-state index in [-0.39, 0.29) is 11.7 Å². The minimum Gasteiger partial charge on any atom is -0.507 e. The zero-order valence-electron chi connectivity index (χ0n) is 25.0. The standard InChI is InChI=1S/C31H45N3O5/c1-11-22(7)34(29(37)24(18(2)3)33-30(38)39-31(8,9)10)26(23-17-13-16-21(6)27(23)35)28(36)32-25-19(4)14-12-15-20(25)5/h12-18,22,24,26,35H,11H2,1-10H3,(H,32,36)(H,33,38). The minimum absolute atomic E-state index is 0.0542. The van der Waals surface area contributed by atoms with E-state index in [4.69, 9.17) is 4.74 Å². The third-order valence-electron chi connectivity index (χ3n) is 6.74. The molecule has 3 N–H and O–H groups in total. The molecule has 2 rings (SSSR count). The van der Waals surface area contributed by atoms with Crippen LogP contribution >= 0.6 is 0 Å². The lowest BCUT2D eigenvalue weighted by Crippen LogP contribution is -2.56. The summed E-state index contributed by atoms with van der Waals surface area (Å²) in [5.74, 6) is -1.25. The second-order valence-corrected chi connectivity index (χ2v) is 11.5. The van der Waals surface area contributed by atoms with Crippen LogP contribution in [0.25, 0.3) is 0 Å². The van der Waals surface area contributed by atoms with E-state index in [0.717, 1.165) is 11.1 Å². The Morgan fingerprint density at radius 3 is 2.00 bits per heavy atom. The Morgan fingerprint density at radius 1 is 0.949 bits per heavy atom. The molecule has 0 heterocycles. The van der Waals surface area contributed by atoms with Crippen LogP contribution in [-0.2, 0) is 14.3 Å². The summed E-state index contributed by atoms with van der Waals surface area (Å²) in [5.41, 5.74) is 2.57. The van der Waals surface area contributed by atoms with Crippen LogP contribution in [-0.4, -0.2) is 45.6 Å². The summed E-state index contributed by atoms with van der Waals surface area (Å²) >= 11 is 0. The minimum atomic E-state index is -1.16. The predicted molar refractivity (Wildman–Crippen MR) is 155 cm³/mol. The number of aryl methyl sites for hydroxylation is 3. The van der Waals surface area contributed by atoms with Crippen molar-refractivity contribution in [1.29, 1.82) is 0 Å². The number of para-hydroxylation sites is 2. The molecule has 3 amide bonds. The number of phenolic OH excluding ortho intramolecular Hbond substituents is 1. The number of phenols is 1. The van der Waals surface area contributed by atoms with E-state index in [0.29, 0.717) is 23.2 Å². The third kappa shape index (κ3) is 7.97. The van der Waals surface area contributed by atoms with Gasteiger partial charge in [0.15, 0.2) is 0 Å². The zero-order valence-corrected chi connectivity index (χ0v) is 25.0. The van der Waals surface area contributed by atoms with Gasteiger partial charge in [-0.05, 0) is 77.5 Å². The topological polar surface area (TPSA) is 108 Å². The molecule has 0 aromatic heterocycles. The van der Waals surface area contributed by atoms with Gasteiger partial charge in [-0.1, -0.05) is 57.2 Å². The van der Waals surface area contributed by atoms with Crippen molar-refractivity contribution in [1.82, 2.24) is 10.2 Å². The highest BCUT2D eigenvalue weighted by molar-refractivity contribution is 6.00. The zero-order chi connectivity index (χ0) is 29.7. The number of alkyl carbamates (subject to hydrolysis) is 1. The number of hydrogen-bond donors (Lipinski definition) is 3. The Kier molecular flexibility index (Phi) is 10.6. The van der Waals surface area contributed by atoms with Crippen molar-refractivity contribution in [3.8, 4) is 5.75 Å². The molecule has 0 aliphatic rings. The maximum Gasteiger partial charge on any atom is 0.408 e. The molecule has 0 saturated heterocycles. The number of hydrogen-bond acceptors (Lipinski definition) is 5. The molecule has 0 radical (unpaired) electrons. The van der Waals surface area contributed by atoms with Crippen LogP contribution in [0.1, 0.15) is 83.2 Å². The SMILES string of the molecule is CCC(C)N(C(=O)C(NC(=O)OC(C)(C)C)C(C)C)C(C(=O)Nc1c(C)cccc1C)c1cccc(C)c1O. The Labute approximate surface area is 233 Å². The fourth-order valence-electron chi connectivity index (χ4n) is 4.43. The summed E-state index contributed by atoms with van der Waals surface area (Å²) in [6.07, 6.45) is -0.170. The smallest absolute Gasteiger partial charge is 0.408 e. The normalized spacial score (nSPS) is 13.8. The number of ether oxygens (including phenoxy) is 1. The first-order valence-electron chi connectivity index (χ1n) is 13.6. The van der Waals surface area contributed by atoms with Gasteiger partial charge in [0.25, 0.3) is 5.91 Å². The van der Waals surface area contributed by atoms with Crippen molar-refractivity contribution >= 4 is 23.6 Å². The Balaban J connectivity index is 2.66. The van der Waals surface area contributed by atoms with Gasteiger partial charge in [-0.3, -0.25) is 9.59 Å². The molecule has 0 bridgehead atoms. The fraction of sp³-hybridized carbons (Fsp3) is 0.516. The number of aromatic hydroxyl groups is 1. The monoisotopic (exact) mass is 539 g/mol. The quantitative estimate of drug-likeness (QED) is 0.353. The van der Waals surface area contributed by atoms with Gasteiger partial charge in [0.2, 0.25) is 5.91 Å². The molecule has 214 valence electrons. The summed E-state index contributed by atoms with van der Waals surface area (Å²) in [7, 11) is 0. The molecular weight excluding hydrogens is 494 g/mol. The molecule has 39 heavy (non-hydrogen) atoms. The number of nitrogens with one attached hydrogen (secondary N) is 2. The molecule has 0 aliphatic heterocycles. The van der Waals surface area contributed by atoms with E-state index in [2.05, 4.69) is 10.6 Å². The van der Waals surface area contributed by atoms with Gasteiger partial charge in [-0.25, -0.2) is 4.79 Å². The van der Waals surface area contributed by atoms with Crippen LogP contribution in [0.4, 0.5) is 10.5 Å². The summed E-state index contributed by atoms with van der Waals surface area (Å²) in [4.78, 5) is 42.6. The molecule has 0 aliphatic carbocycles. The first-order valence-corrected chi connectivity index (χ1v) is 13.6. The van der Waals surface area contributed by atoms with Crippen LogP contribution in [0.15, 0.2) is 36.4 Å². The Bertz CT molecular complexity index is 1160. The molecular formula is C31H45N3O5. The number of carbonyl (C=O) groups is 3. The number of anilines is 1. The van der Waals surface area contributed by atoms with Crippen molar-refractivity contribution in [2.24, 2.45) is 5.92 Å². The lowest BCUT2D eigenvalue weighted by Gasteiger charge is -2.39. The predicted octanol–water partition coefficient (Wildman–Crippen LogP) is 6.17. The highest BCUT2D eigenvalue weighted by atomic mass is 16.6. The first kappa shape index (κ1) is 31.7. The van der Waals surface area contributed by atoms with E-state index >= 15 is 0 Å².